The lowest BCUT2D eigenvalue weighted by Gasteiger charge is -2.13. The van der Waals surface area contributed by atoms with Crippen LogP contribution in [0.25, 0.3) is 90.1 Å². The lowest BCUT2D eigenvalue weighted by molar-refractivity contribution is 1.07. The molecule has 9 rings (SSSR count). The van der Waals surface area contributed by atoms with Crippen molar-refractivity contribution in [3.05, 3.63) is 200 Å². The summed E-state index contributed by atoms with van der Waals surface area (Å²) in [6.45, 7) is 0. The zero-order chi connectivity index (χ0) is 36.1. The molecule has 3 aromatic heterocycles. The van der Waals surface area contributed by atoms with E-state index in [1.165, 1.54) is 0 Å². The van der Waals surface area contributed by atoms with Crippen molar-refractivity contribution in [2.24, 2.45) is 0 Å². The lowest BCUT2D eigenvalue weighted by Crippen LogP contribution is -2.01. The number of aromatic nitrogens is 5. The average molecular weight is 692 g/mol. The smallest absolute Gasteiger partial charge is 0.164 e. The van der Waals surface area contributed by atoms with Crippen molar-refractivity contribution < 1.29 is 0 Å². The lowest BCUT2D eigenvalue weighted by atomic mass is 9.96. The van der Waals surface area contributed by atoms with Gasteiger partial charge in [0.15, 0.2) is 17.5 Å². The largest absolute Gasteiger partial charge is 0.255 e. The van der Waals surface area contributed by atoms with Crippen molar-refractivity contribution in [2.45, 2.75) is 0 Å². The fourth-order valence-electron chi connectivity index (χ4n) is 6.60. The molecule has 0 atom stereocenters. The normalized spacial score (nSPS) is 11.0. The standard InChI is InChI=1S/C49H33N5/c1-4-12-34(13-5-1)37-19-23-39(24-20-37)47-52-48(40-25-21-38(22-26-40)35-14-6-2-7-15-35)54-49(53-47)44-31-42(36-16-8-3-9-17-36)30-43(32-44)41-27-28-46(51-33-41)45-18-10-11-29-50-45/h1-33H. The number of rotatable bonds is 8. The van der Waals surface area contributed by atoms with Gasteiger partial charge >= 0.3 is 0 Å². The van der Waals surface area contributed by atoms with Gasteiger partial charge in [0.05, 0.1) is 11.4 Å². The predicted molar refractivity (Wildman–Crippen MR) is 219 cm³/mol. The van der Waals surface area contributed by atoms with Gasteiger partial charge in [0.25, 0.3) is 0 Å². The molecule has 0 unspecified atom stereocenters. The van der Waals surface area contributed by atoms with Crippen LogP contribution in [-0.2, 0) is 0 Å². The molecule has 9 aromatic rings. The maximum absolute atomic E-state index is 5.14. The molecule has 0 radical (unpaired) electrons. The van der Waals surface area contributed by atoms with Crippen LogP contribution in [0, 0.1) is 0 Å². The van der Waals surface area contributed by atoms with Crippen LogP contribution in [0.5, 0.6) is 0 Å². The molecule has 0 bridgehead atoms. The Bertz CT molecular complexity index is 2540. The highest BCUT2D eigenvalue weighted by Gasteiger charge is 2.16. The second-order valence-corrected chi connectivity index (χ2v) is 13.0. The van der Waals surface area contributed by atoms with Gasteiger partial charge in [-0.3, -0.25) is 9.97 Å². The summed E-state index contributed by atoms with van der Waals surface area (Å²) in [6.07, 6.45) is 3.69. The molecular weight excluding hydrogens is 659 g/mol. The maximum atomic E-state index is 5.14. The summed E-state index contributed by atoms with van der Waals surface area (Å²) in [5.41, 5.74) is 13.1. The Morgan fingerprint density at radius 3 is 1.07 bits per heavy atom. The zero-order valence-electron chi connectivity index (χ0n) is 29.3. The monoisotopic (exact) mass is 691 g/mol. The Labute approximate surface area is 314 Å². The highest BCUT2D eigenvalue weighted by molar-refractivity contribution is 5.81. The van der Waals surface area contributed by atoms with Gasteiger partial charge in [-0.15, -0.1) is 0 Å². The van der Waals surface area contributed by atoms with Crippen LogP contribution in [0.15, 0.2) is 200 Å². The average Bonchev–Trinajstić information content (AvgIpc) is 3.27. The minimum atomic E-state index is 0.589. The van der Waals surface area contributed by atoms with Crippen molar-refractivity contribution in [1.29, 1.82) is 0 Å². The molecule has 0 spiro atoms. The molecule has 254 valence electrons. The van der Waals surface area contributed by atoms with Gasteiger partial charge in [0.1, 0.15) is 0 Å². The Balaban J connectivity index is 1.17. The van der Waals surface area contributed by atoms with E-state index in [0.29, 0.717) is 17.5 Å². The molecule has 5 nitrogen and oxygen atoms in total. The summed E-state index contributed by atoms with van der Waals surface area (Å²) < 4.78 is 0. The summed E-state index contributed by atoms with van der Waals surface area (Å²) in [4.78, 5) is 24.6. The number of benzene rings is 6. The summed E-state index contributed by atoms with van der Waals surface area (Å²) in [6, 6.07) is 64.5. The first-order valence-electron chi connectivity index (χ1n) is 17.9. The van der Waals surface area contributed by atoms with Gasteiger partial charge in [0.2, 0.25) is 0 Å². The van der Waals surface area contributed by atoms with Crippen molar-refractivity contribution >= 4 is 0 Å². The van der Waals surface area contributed by atoms with Crippen LogP contribution in [0.4, 0.5) is 0 Å². The highest BCUT2D eigenvalue weighted by Crippen LogP contribution is 2.34. The second kappa shape index (κ2) is 14.7. The topological polar surface area (TPSA) is 64.5 Å². The van der Waals surface area contributed by atoms with Gasteiger partial charge in [-0.25, -0.2) is 15.0 Å². The second-order valence-electron chi connectivity index (χ2n) is 13.0. The van der Waals surface area contributed by atoms with Crippen molar-refractivity contribution in [1.82, 2.24) is 24.9 Å². The third-order valence-electron chi connectivity index (χ3n) is 9.46. The molecule has 0 saturated heterocycles. The van der Waals surface area contributed by atoms with Crippen LogP contribution in [0.3, 0.4) is 0 Å². The van der Waals surface area contributed by atoms with E-state index in [1.54, 1.807) is 6.20 Å². The Kier molecular flexibility index (Phi) is 8.86. The molecule has 5 heteroatoms. The minimum absolute atomic E-state index is 0.589. The van der Waals surface area contributed by atoms with E-state index in [4.69, 9.17) is 19.9 Å². The molecular formula is C49H33N5. The third-order valence-corrected chi connectivity index (χ3v) is 9.46. The van der Waals surface area contributed by atoms with Crippen LogP contribution in [0.2, 0.25) is 0 Å². The Hall–Kier alpha value is -7.37. The van der Waals surface area contributed by atoms with Crippen LogP contribution < -0.4 is 0 Å². The fourth-order valence-corrected chi connectivity index (χ4v) is 6.60. The first-order chi connectivity index (χ1) is 26.7. The highest BCUT2D eigenvalue weighted by atomic mass is 15.0. The number of hydrogen-bond donors (Lipinski definition) is 0. The van der Waals surface area contributed by atoms with Gasteiger partial charge in [-0.1, -0.05) is 152 Å². The SMILES string of the molecule is c1ccc(-c2ccc(-c3nc(-c4ccc(-c5ccccc5)cc4)nc(-c4cc(-c5ccccc5)cc(-c5ccc(-c6ccccn6)nc5)c4)n3)cc2)cc1. The van der Waals surface area contributed by atoms with Crippen LogP contribution in [-0.4, -0.2) is 24.9 Å². The van der Waals surface area contributed by atoms with Gasteiger partial charge < -0.3 is 0 Å². The van der Waals surface area contributed by atoms with Crippen molar-refractivity contribution in [3.8, 4) is 90.1 Å². The molecule has 0 aliphatic heterocycles. The number of hydrogen-bond acceptors (Lipinski definition) is 5. The minimum Gasteiger partial charge on any atom is -0.255 e. The summed E-state index contributed by atoms with van der Waals surface area (Å²) >= 11 is 0. The summed E-state index contributed by atoms with van der Waals surface area (Å²) in [5, 5.41) is 0. The van der Waals surface area contributed by atoms with E-state index >= 15 is 0 Å². The van der Waals surface area contributed by atoms with Crippen molar-refractivity contribution in [2.75, 3.05) is 0 Å². The van der Waals surface area contributed by atoms with E-state index in [1.807, 2.05) is 48.7 Å². The fraction of sp³-hybridized carbons (Fsp3) is 0. The van der Waals surface area contributed by atoms with E-state index in [0.717, 1.165) is 72.6 Å². The van der Waals surface area contributed by atoms with Gasteiger partial charge in [-0.2, -0.15) is 0 Å². The molecule has 54 heavy (non-hydrogen) atoms. The molecule has 3 heterocycles. The maximum Gasteiger partial charge on any atom is 0.164 e. The van der Waals surface area contributed by atoms with Gasteiger partial charge in [0, 0.05) is 34.6 Å². The molecule has 0 N–H and O–H groups in total. The summed E-state index contributed by atoms with van der Waals surface area (Å²) in [7, 11) is 0. The zero-order valence-corrected chi connectivity index (χ0v) is 29.3. The third kappa shape index (κ3) is 6.94. The van der Waals surface area contributed by atoms with E-state index in [9.17, 15) is 0 Å². The van der Waals surface area contributed by atoms with E-state index in [-0.39, 0.29) is 0 Å². The quantitative estimate of drug-likeness (QED) is 0.159. The molecule has 0 aliphatic carbocycles. The molecule has 6 aromatic carbocycles. The first-order valence-corrected chi connectivity index (χ1v) is 17.9. The van der Waals surface area contributed by atoms with E-state index < -0.39 is 0 Å². The first kappa shape index (κ1) is 32.5. The molecule has 0 fully saturated rings. The number of pyridine rings is 2. The Morgan fingerprint density at radius 2 is 0.611 bits per heavy atom. The Morgan fingerprint density at radius 1 is 0.241 bits per heavy atom. The molecule has 0 saturated carbocycles. The molecule has 0 amide bonds. The summed E-state index contributed by atoms with van der Waals surface area (Å²) in [5.74, 6) is 1.80. The van der Waals surface area contributed by atoms with Gasteiger partial charge in [-0.05, 0) is 75.3 Å². The number of nitrogens with zero attached hydrogens (tertiary/aromatic N) is 5. The van der Waals surface area contributed by atoms with Crippen LogP contribution in [0.1, 0.15) is 0 Å². The van der Waals surface area contributed by atoms with Crippen molar-refractivity contribution in [3.63, 3.8) is 0 Å². The van der Waals surface area contributed by atoms with Crippen LogP contribution >= 0.6 is 0 Å². The molecule has 0 aliphatic rings. The predicted octanol–water partition coefficient (Wildman–Crippen LogP) is 12.0. The van der Waals surface area contributed by atoms with E-state index in [2.05, 4.69) is 151 Å².